The van der Waals surface area contributed by atoms with Crippen LogP contribution in [0.15, 0.2) is 44.4 Å². The molecule has 3 aromatic rings. The van der Waals surface area contributed by atoms with Gasteiger partial charge in [0.1, 0.15) is 0 Å². The summed E-state index contributed by atoms with van der Waals surface area (Å²) in [6, 6.07) is 8.34. The lowest BCUT2D eigenvalue weighted by atomic mass is 10.1. The lowest BCUT2D eigenvalue weighted by molar-refractivity contribution is -0.142. The Morgan fingerprint density at radius 3 is 3.08 bits per heavy atom. The number of esters is 1. The van der Waals surface area contributed by atoms with Crippen LogP contribution in [0.2, 0.25) is 0 Å². The molecule has 1 aliphatic carbocycles. The molecule has 0 aliphatic heterocycles. The summed E-state index contributed by atoms with van der Waals surface area (Å²) in [5, 5.41) is 7.77. The second-order valence-corrected chi connectivity index (χ2v) is 7.59. The molecule has 128 valence electrons. The molecule has 0 bridgehead atoms. The van der Waals surface area contributed by atoms with Crippen molar-refractivity contribution in [3.8, 4) is 11.4 Å². The third-order valence-electron chi connectivity index (χ3n) is 4.03. The maximum absolute atomic E-state index is 11.9. The fourth-order valence-electron chi connectivity index (χ4n) is 2.79. The van der Waals surface area contributed by atoms with E-state index >= 15 is 0 Å². The molecular weight excluding hydrogens is 356 g/mol. The van der Waals surface area contributed by atoms with E-state index in [1.807, 2.05) is 16.8 Å². The first-order chi connectivity index (χ1) is 12.3. The molecule has 0 atom stereocenters. The minimum atomic E-state index is -0.291. The zero-order chi connectivity index (χ0) is 17.1. The van der Waals surface area contributed by atoms with Crippen LogP contribution in [0.25, 0.3) is 11.4 Å². The molecule has 2 heterocycles. The number of aromatic nitrogens is 2. The molecule has 0 saturated heterocycles. The molecule has 0 fully saturated rings. The van der Waals surface area contributed by atoms with E-state index in [1.165, 1.54) is 35.7 Å². The lowest BCUT2D eigenvalue weighted by Crippen LogP contribution is -2.07. The van der Waals surface area contributed by atoms with Gasteiger partial charge in [0.15, 0.2) is 6.61 Å². The van der Waals surface area contributed by atoms with Crippen LogP contribution >= 0.6 is 23.1 Å². The SMILES string of the molecule is O=C(CSc1ccc2c(c1)CCC2)OCc1nc(-c2ccsc2)no1. The van der Waals surface area contributed by atoms with Gasteiger partial charge in [-0.1, -0.05) is 11.2 Å². The Hall–Kier alpha value is -2.12. The summed E-state index contributed by atoms with van der Waals surface area (Å²) >= 11 is 3.06. The molecule has 2 aromatic heterocycles. The van der Waals surface area contributed by atoms with E-state index in [9.17, 15) is 4.79 Å². The summed E-state index contributed by atoms with van der Waals surface area (Å²) in [7, 11) is 0. The highest BCUT2D eigenvalue weighted by molar-refractivity contribution is 8.00. The minimum Gasteiger partial charge on any atom is -0.455 e. The number of rotatable bonds is 6. The predicted molar refractivity (Wildman–Crippen MR) is 96.6 cm³/mol. The van der Waals surface area contributed by atoms with Crippen molar-refractivity contribution in [3.63, 3.8) is 0 Å². The average Bonchev–Trinajstić information content (AvgIpc) is 3.38. The van der Waals surface area contributed by atoms with Gasteiger partial charge in [-0.3, -0.25) is 4.79 Å². The van der Waals surface area contributed by atoms with Gasteiger partial charge in [-0.2, -0.15) is 16.3 Å². The highest BCUT2D eigenvalue weighted by atomic mass is 32.2. The normalized spacial score (nSPS) is 13.0. The third-order valence-corrected chi connectivity index (χ3v) is 5.68. The van der Waals surface area contributed by atoms with Crippen LogP contribution in [0.5, 0.6) is 0 Å². The van der Waals surface area contributed by atoms with E-state index in [0.717, 1.165) is 16.9 Å². The Kier molecular flexibility index (Phi) is 4.85. The standard InChI is InChI=1S/C18H16N2O3S2/c21-17(11-25-15-5-4-12-2-1-3-13(12)8-15)22-9-16-19-18(20-23-16)14-6-7-24-10-14/h4-8,10H,1-3,9,11H2. The van der Waals surface area contributed by atoms with E-state index in [1.54, 1.807) is 11.3 Å². The largest absolute Gasteiger partial charge is 0.455 e. The van der Waals surface area contributed by atoms with Gasteiger partial charge in [-0.05, 0) is 54.0 Å². The zero-order valence-electron chi connectivity index (χ0n) is 13.4. The maximum atomic E-state index is 11.9. The number of benzene rings is 1. The Balaban J connectivity index is 1.27. The van der Waals surface area contributed by atoms with Crippen LogP contribution in [0.4, 0.5) is 0 Å². The molecule has 0 unspecified atom stereocenters. The van der Waals surface area contributed by atoms with Crippen molar-refractivity contribution in [1.82, 2.24) is 10.1 Å². The first-order valence-corrected chi connectivity index (χ1v) is 9.96. The number of carbonyl (C=O) groups is 1. The summed E-state index contributed by atoms with van der Waals surface area (Å²) in [6.45, 7) is 0.000713. The highest BCUT2D eigenvalue weighted by Crippen LogP contribution is 2.27. The van der Waals surface area contributed by atoms with Crippen LogP contribution in [0.3, 0.4) is 0 Å². The van der Waals surface area contributed by atoms with E-state index < -0.39 is 0 Å². The molecule has 25 heavy (non-hydrogen) atoms. The van der Waals surface area contributed by atoms with E-state index in [-0.39, 0.29) is 18.3 Å². The van der Waals surface area contributed by atoms with Crippen molar-refractivity contribution < 1.29 is 14.1 Å². The van der Waals surface area contributed by atoms with Crippen molar-refractivity contribution in [2.75, 3.05) is 5.75 Å². The van der Waals surface area contributed by atoms with Gasteiger partial charge in [-0.25, -0.2) is 0 Å². The van der Waals surface area contributed by atoms with Crippen molar-refractivity contribution in [3.05, 3.63) is 52.0 Å². The van der Waals surface area contributed by atoms with Crippen molar-refractivity contribution in [1.29, 1.82) is 0 Å². The highest BCUT2D eigenvalue weighted by Gasteiger charge is 2.13. The fraction of sp³-hybridized carbons (Fsp3) is 0.278. The number of fused-ring (bicyclic) bond motifs is 1. The van der Waals surface area contributed by atoms with Gasteiger partial charge in [0.25, 0.3) is 5.89 Å². The van der Waals surface area contributed by atoms with Gasteiger partial charge < -0.3 is 9.26 Å². The molecule has 7 heteroatoms. The van der Waals surface area contributed by atoms with Crippen LogP contribution in [-0.4, -0.2) is 21.9 Å². The molecule has 0 saturated carbocycles. The number of hydrogen-bond acceptors (Lipinski definition) is 7. The zero-order valence-corrected chi connectivity index (χ0v) is 15.1. The van der Waals surface area contributed by atoms with Crippen molar-refractivity contribution >= 4 is 29.1 Å². The topological polar surface area (TPSA) is 65.2 Å². The van der Waals surface area contributed by atoms with E-state index in [2.05, 4.69) is 28.3 Å². The number of nitrogens with zero attached hydrogens (tertiary/aromatic N) is 2. The summed E-state index contributed by atoms with van der Waals surface area (Å²) < 4.78 is 10.3. The quantitative estimate of drug-likeness (QED) is 0.479. The lowest BCUT2D eigenvalue weighted by Gasteiger charge is -2.05. The smallest absolute Gasteiger partial charge is 0.316 e. The maximum Gasteiger partial charge on any atom is 0.316 e. The Bertz CT molecular complexity index is 874. The van der Waals surface area contributed by atoms with Gasteiger partial charge >= 0.3 is 5.97 Å². The average molecular weight is 372 g/mol. The summed E-state index contributed by atoms with van der Waals surface area (Å²) in [5.74, 6) is 0.794. The molecule has 1 aromatic carbocycles. The molecule has 0 N–H and O–H groups in total. The number of carbonyl (C=O) groups excluding carboxylic acids is 1. The second-order valence-electron chi connectivity index (χ2n) is 5.76. The second kappa shape index (κ2) is 7.41. The summed E-state index contributed by atoms with van der Waals surface area (Å²) in [4.78, 5) is 17.3. The van der Waals surface area contributed by atoms with Crippen LogP contribution in [0.1, 0.15) is 23.4 Å². The fourth-order valence-corrected chi connectivity index (χ4v) is 4.18. The molecule has 0 spiro atoms. The van der Waals surface area contributed by atoms with Gasteiger partial charge in [0.2, 0.25) is 5.82 Å². The first-order valence-electron chi connectivity index (χ1n) is 8.03. The number of thiophene rings is 1. The summed E-state index contributed by atoms with van der Waals surface area (Å²) in [5.41, 5.74) is 3.74. The van der Waals surface area contributed by atoms with Crippen LogP contribution < -0.4 is 0 Å². The molecular formula is C18H16N2O3S2. The molecule has 4 rings (SSSR count). The van der Waals surface area contributed by atoms with Gasteiger partial charge in [-0.15, -0.1) is 11.8 Å². The third kappa shape index (κ3) is 3.93. The Morgan fingerprint density at radius 2 is 2.20 bits per heavy atom. The Morgan fingerprint density at radius 1 is 1.28 bits per heavy atom. The van der Waals surface area contributed by atoms with Gasteiger partial charge in [0, 0.05) is 15.8 Å². The monoisotopic (exact) mass is 372 g/mol. The van der Waals surface area contributed by atoms with Crippen LogP contribution in [0, 0.1) is 0 Å². The van der Waals surface area contributed by atoms with Crippen molar-refractivity contribution in [2.24, 2.45) is 0 Å². The minimum absolute atomic E-state index is 0.000713. The number of aryl methyl sites for hydroxylation is 2. The van der Waals surface area contributed by atoms with Gasteiger partial charge in [0.05, 0.1) is 5.75 Å². The molecule has 0 radical (unpaired) electrons. The molecule has 1 aliphatic rings. The van der Waals surface area contributed by atoms with Crippen molar-refractivity contribution in [2.45, 2.75) is 30.8 Å². The number of ether oxygens (including phenoxy) is 1. The number of thioether (sulfide) groups is 1. The predicted octanol–water partition coefficient (Wildman–Crippen LogP) is 4.12. The molecule has 5 nitrogen and oxygen atoms in total. The van der Waals surface area contributed by atoms with E-state index in [4.69, 9.17) is 9.26 Å². The molecule has 0 amide bonds. The summed E-state index contributed by atoms with van der Waals surface area (Å²) in [6.07, 6.45) is 3.53. The van der Waals surface area contributed by atoms with E-state index in [0.29, 0.717) is 11.7 Å². The van der Waals surface area contributed by atoms with Crippen LogP contribution in [-0.2, 0) is 29.0 Å². The first kappa shape index (κ1) is 16.4. The Labute approximate surface area is 153 Å². The number of hydrogen-bond donors (Lipinski definition) is 0.